The van der Waals surface area contributed by atoms with Gasteiger partial charge in [0.25, 0.3) is 0 Å². The van der Waals surface area contributed by atoms with Crippen LogP contribution in [0.25, 0.3) is 10.9 Å². The minimum Gasteiger partial charge on any atom is -0.480 e. The molecule has 150 valence electrons. The number of aromatic nitrogens is 1. The molecule has 28 heavy (non-hydrogen) atoms. The van der Waals surface area contributed by atoms with Crippen LogP contribution < -0.4 is 16.0 Å². The molecule has 0 unspecified atom stereocenters. The van der Waals surface area contributed by atoms with E-state index >= 15 is 0 Å². The number of H-pyrrole nitrogens is 1. The molecule has 1 heterocycles. The monoisotopic (exact) mass is 388 g/mol. The maximum atomic E-state index is 12.6. The van der Waals surface area contributed by atoms with Gasteiger partial charge in [0, 0.05) is 30.4 Å². The largest absolute Gasteiger partial charge is 0.480 e. The molecule has 0 radical (unpaired) electrons. The Morgan fingerprint density at radius 2 is 1.64 bits per heavy atom. The lowest BCUT2D eigenvalue weighted by molar-refractivity contribution is -0.141. The average molecular weight is 388 g/mol. The molecule has 3 atom stereocenters. The van der Waals surface area contributed by atoms with Crippen LogP contribution >= 0.6 is 0 Å². The number of fused-ring (bicyclic) bond motifs is 1. The smallest absolute Gasteiger partial charge is 0.325 e. The number of benzene rings is 1. The highest BCUT2D eigenvalue weighted by Gasteiger charge is 2.26. The molecule has 2 aromatic rings. The Morgan fingerprint density at radius 1 is 1.00 bits per heavy atom. The molecule has 1 aromatic carbocycles. The van der Waals surface area contributed by atoms with Crippen molar-refractivity contribution in [2.24, 2.45) is 0 Å². The normalized spacial score (nSPS) is 14.0. The highest BCUT2D eigenvalue weighted by Crippen LogP contribution is 2.19. The number of carboxylic acid groups (broad SMARTS) is 1. The Labute approximate surface area is 161 Å². The summed E-state index contributed by atoms with van der Waals surface area (Å²) in [7, 11) is 0. The summed E-state index contributed by atoms with van der Waals surface area (Å²) in [5, 5.41) is 17.2. The van der Waals surface area contributed by atoms with E-state index in [0.29, 0.717) is 0 Å². The lowest BCUT2D eigenvalue weighted by atomic mass is 10.0. The second-order valence-electron chi connectivity index (χ2n) is 6.62. The van der Waals surface area contributed by atoms with Crippen LogP contribution in [0.1, 0.15) is 26.3 Å². The molecule has 2 rings (SSSR count). The van der Waals surface area contributed by atoms with E-state index in [2.05, 4.69) is 20.9 Å². The molecule has 0 aliphatic heterocycles. The van der Waals surface area contributed by atoms with E-state index in [1.807, 2.05) is 24.3 Å². The van der Waals surface area contributed by atoms with Crippen LogP contribution in [0, 0.1) is 0 Å². The third kappa shape index (κ3) is 5.32. The zero-order chi connectivity index (χ0) is 20.8. The van der Waals surface area contributed by atoms with Crippen molar-refractivity contribution < 1.29 is 24.3 Å². The van der Waals surface area contributed by atoms with Crippen LogP contribution in [0.4, 0.5) is 0 Å². The van der Waals surface area contributed by atoms with Gasteiger partial charge in [-0.2, -0.15) is 0 Å². The topological polar surface area (TPSA) is 140 Å². The summed E-state index contributed by atoms with van der Waals surface area (Å²) in [6.07, 6.45) is 2.01. The van der Waals surface area contributed by atoms with Crippen LogP contribution in [-0.2, 0) is 25.6 Å². The second kappa shape index (κ2) is 9.03. The molecular formula is C19H24N4O5. The van der Waals surface area contributed by atoms with E-state index < -0.39 is 35.9 Å². The van der Waals surface area contributed by atoms with E-state index in [-0.39, 0.29) is 12.3 Å². The molecule has 0 aliphatic rings. The molecule has 1 aromatic heterocycles. The Bertz CT molecular complexity index is 891. The number of rotatable bonds is 8. The van der Waals surface area contributed by atoms with E-state index in [0.717, 1.165) is 16.5 Å². The maximum absolute atomic E-state index is 12.6. The molecule has 0 bridgehead atoms. The first-order chi connectivity index (χ1) is 13.2. The van der Waals surface area contributed by atoms with Crippen molar-refractivity contribution in [3.63, 3.8) is 0 Å². The van der Waals surface area contributed by atoms with Gasteiger partial charge in [-0.15, -0.1) is 0 Å². The molecule has 9 heteroatoms. The number of amides is 3. The molecule has 0 fully saturated rings. The summed E-state index contributed by atoms with van der Waals surface area (Å²) in [5.74, 6) is -2.72. The third-order valence-corrected chi connectivity index (χ3v) is 4.27. The molecule has 9 nitrogen and oxygen atoms in total. The van der Waals surface area contributed by atoms with Crippen LogP contribution in [0.15, 0.2) is 30.5 Å². The average Bonchev–Trinajstić information content (AvgIpc) is 3.03. The van der Waals surface area contributed by atoms with Gasteiger partial charge in [0.15, 0.2) is 0 Å². The van der Waals surface area contributed by atoms with E-state index in [1.165, 1.54) is 20.8 Å². The maximum Gasteiger partial charge on any atom is 0.325 e. The first-order valence-electron chi connectivity index (χ1n) is 8.84. The molecule has 0 aliphatic carbocycles. The van der Waals surface area contributed by atoms with Gasteiger partial charge in [-0.3, -0.25) is 19.2 Å². The van der Waals surface area contributed by atoms with Crippen LogP contribution in [-0.4, -0.2) is 51.9 Å². The number of nitrogens with one attached hydrogen (secondary N) is 4. The molecule has 5 N–H and O–H groups in total. The van der Waals surface area contributed by atoms with Gasteiger partial charge in [-0.1, -0.05) is 18.2 Å². The standard InChI is InChI=1S/C19H24N4O5/c1-10(17(25)22-11(2)19(27)28)21-18(26)16(23-12(3)24)8-13-9-20-15-7-5-4-6-14(13)15/h4-7,9-11,16,20H,8H2,1-3H3,(H,21,26)(H,22,25)(H,23,24)(H,27,28)/t10-,11-,16-/m0/s1. The van der Waals surface area contributed by atoms with Gasteiger partial charge in [-0.25, -0.2) is 0 Å². The second-order valence-corrected chi connectivity index (χ2v) is 6.62. The van der Waals surface area contributed by atoms with Crippen molar-refractivity contribution in [3.05, 3.63) is 36.0 Å². The quantitative estimate of drug-likeness (QED) is 0.443. The number of hydrogen-bond donors (Lipinski definition) is 5. The Morgan fingerprint density at radius 3 is 2.29 bits per heavy atom. The van der Waals surface area contributed by atoms with Crippen molar-refractivity contribution in [1.29, 1.82) is 0 Å². The van der Waals surface area contributed by atoms with Gasteiger partial charge >= 0.3 is 5.97 Å². The predicted molar refractivity (Wildman–Crippen MR) is 102 cm³/mol. The van der Waals surface area contributed by atoms with Gasteiger partial charge in [0.05, 0.1) is 0 Å². The van der Waals surface area contributed by atoms with E-state index in [9.17, 15) is 19.2 Å². The number of aliphatic carboxylic acids is 1. The van der Waals surface area contributed by atoms with Crippen LogP contribution in [0.2, 0.25) is 0 Å². The molecule has 0 spiro atoms. The van der Waals surface area contributed by atoms with Crippen LogP contribution in [0.5, 0.6) is 0 Å². The fraction of sp³-hybridized carbons (Fsp3) is 0.368. The van der Waals surface area contributed by atoms with Crippen molar-refractivity contribution in [2.75, 3.05) is 0 Å². The number of carbonyl (C=O) groups excluding carboxylic acids is 3. The molecule has 3 amide bonds. The van der Waals surface area contributed by atoms with Crippen molar-refractivity contribution in [3.8, 4) is 0 Å². The zero-order valence-electron chi connectivity index (χ0n) is 15.9. The summed E-state index contributed by atoms with van der Waals surface area (Å²) < 4.78 is 0. The first kappa shape index (κ1) is 20.9. The van der Waals surface area contributed by atoms with E-state index in [1.54, 1.807) is 6.20 Å². The summed E-state index contributed by atoms with van der Waals surface area (Å²) in [4.78, 5) is 50.2. The summed E-state index contributed by atoms with van der Waals surface area (Å²) >= 11 is 0. The molecule has 0 saturated carbocycles. The minimum absolute atomic E-state index is 0.231. The fourth-order valence-corrected chi connectivity index (χ4v) is 2.75. The number of para-hydroxylation sites is 1. The van der Waals surface area contributed by atoms with Gasteiger partial charge in [-0.05, 0) is 25.5 Å². The van der Waals surface area contributed by atoms with Crippen molar-refractivity contribution >= 4 is 34.6 Å². The highest BCUT2D eigenvalue weighted by atomic mass is 16.4. The van der Waals surface area contributed by atoms with Crippen molar-refractivity contribution in [2.45, 2.75) is 45.3 Å². The summed E-state index contributed by atoms with van der Waals surface area (Å²) in [5.41, 5.74) is 1.76. The van der Waals surface area contributed by atoms with Gasteiger partial charge in [0.2, 0.25) is 17.7 Å². The first-order valence-corrected chi connectivity index (χ1v) is 8.84. The third-order valence-electron chi connectivity index (χ3n) is 4.27. The zero-order valence-corrected chi connectivity index (χ0v) is 15.9. The number of carbonyl (C=O) groups is 4. The molecule has 0 saturated heterocycles. The SMILES string of the molecule is CC(=O)N[C@@H](Cc1c[nH]c2ccccc12)C(=O)N[C@@H](C)C(=O)N[C@@H](C)C(=O)O. The minimum atomic E-state index is -1.18. The van der Waals surface area contributed by atoms with Crippen LogP contribution in [0.3, 0.4) is 0 Å². The Balaban J connectivity index is 2.09. The highest BCUT2D eigenvalue weighted by molar-refractivity contribution is 5.93. The Kier molecular flexibility index (Phi) is 6.75. The summed E-state index contributed by atoms with van der Waals surface area (Å²) in [6.45, 7) is 4.07. The van der Waals surface area contributed by atoms with Gasteiger partial charge < -0.3 is 26.0 Å². The van der Waals surface area contributed by atoms with Crippen molar-refractivity contribution in [1.82, 2.24) is 20.9 Å². The van der Waals surface area contributed by atoms with Gasteiger partial charge in [0.1, 0.15) is 18.1 Å². The molecular weight excluding hydrogens is 364 g/mol. The fourth-order valence-electron chi connectivity index (χ4n) is 2.75. The predicted octanol–water partition coefficient (Wildman–Crippen LogP) is 0.309. The van der Waals surface area contributed by atoms with E-state index in [4.69, 9.17) is 5.11 Å². The number of hydrogen-bond acceptors (Lipinski definition) is 4. The number of aromatic amines is 1. The summed E-state index contributed by atoms with van der Waals surface area (Å²) in [6, 6.07) is 4.65. The lowest BCUT2D eigenvalue weighted by Crippen LogP contribution is -2.54. The Hall–Kier alpha value is -3.36. The number of carboxylic acids is 1. The lowest BCUT2D eigenvalue weighted by Gasteiger charge is -2.21.